The van der Waals surface area contributed by atoms with Gasteiger partial charge in [-0.2, -0.15) is 0 Å². The zero-order chi connectivity index (χ0) is 11.3. The van der Waals surface area contributed by atoms with Gasteiger partial charge in [0.2, 0.25) is 10.0 Å². The number of anilines is 2. The van der Waals surface area contributed by atoms with Gasteiger partial charge >= 0.3 is 0 Å². The maximum atomic E-state index is 11.2. The first-order chi connectivity index (χ1) is 7.03. The summed E-state index contributed by atoms with van der Waals surface area (Å²) in [4.78, 5) is 3.95. The van der Waals surface area contributed by atoms with Gasteiger partial charge in [0.1, 0.15) is 5.00 Å². The van der Waals surface area contributed by atoms with Crippen molar-refractivity contribution < 1.29 is 8.42 Å². The number of nitrogens with zero attached hydrogens (tertiary/aromatic N) is 1. The Morgan fingerprint density at radius 3 is 2.87 bits per heavy atom. The Hall–Kier alpha value is -0.860. The van der Waals surface area contributed by atoms with E-state index in [1.165, 1.54) is 17.5 Å². The second-order valence-electron chi connectivity index (χ2n) is 2.81. The summed E-state index contributed by atoms with van der Waals surface area (Å²) in [6, 6.07) is 0. The number of rotatable bonds is 6. The summed E-state index contributed by atoms with van der Waals surface area (Å²) in [5, 5.41) is 4.13. The molecule has 15 heavy (non-hydrogen) atoms. The summed E-state index contributed by atoms with van der Waals surface area (Å²) in [5.41, 5.74) is 5.47. The second kappa shape index (κ2) is 5.29. The second-order valence-corrected chi connectivity index (χ2v) is 5.80. The van der Waals surface area contributed by atoms with Crippen molar-refractivity contribution in [3.63, 3.8) is 0 Å². The first-order valence-corrected chi connectivity index (χ1v) is 6.93. The molecule has 4 N–H and O–H groups in total. The molecule has 8 heteroatoms. The summed E-state index contributed by atoms with van der Waals surface area (Å²) in [6.07, 6.45) is 1.53. The fraction of sp³-hybridized carbons (Fsp3) is 0.571. The van der Waals surface area contributed by atoms with E-state index >= 15 is 0 Å². The van der Waals surface area contributed by atoms with E-state index in [4.69, 9.17) is 5.73 Å². The monoisotopic (exact) mass is 250 g/mol. The van der Waals surface area contributed by atoms with Crippen LogP contribution in [0.3, 0.4) is 0 Å². The molecule has 0 aliphatic rings. The molecule has 1 rings (SSSR count). The van der Waals surface area contributed by atoms with Gasteiger partial charge < -0.3 is 11.1 Å². The minimum atomic E-state index is -3.16. The van der Waals surface area contributed by atoms with E-state index in [9.17, 15) is 8.42 Å². The molecule has 0 aliphatic carbocycles. The molecular weight excluding hydrogens is 236 g/mol. The molecule has 86 valence electrons. The topological polar surface area (TPSA) is 97.1 Å². The van der Waals surface area contributed by atoms with Crippen molar-refractivity contribution in [2.24, 2.45) is 0 Å². The van der Waals surface area contributed by atoms with Crippen LogP contribution in [-0.4, -0.2) is 32.2 Å². The fourth-order valence-electron chi connectivity index (χ4n) is 0.953. The van der Waals surface area contributed by atoms with Gasteiger partial charge in [-0.3, -0.25) is 0 Å². The van der Waals surface area contributed by atoms with Gasteiger partial charge in [-0.15, -0.1) is 0 Å². The lowest BCUT2D eigenvalue weighted by Crippen LogP contribution is -2.29. The van der Waals surface area contributed by atoms with Crippen LogP contribution in [0.25, 0.3) is 0 Å². The van der Waals surface area contributed by atoms with Gasteiger partial charge in [-0.25, -0.2) is 18.1 Å². The average molecular weight is 250 g/mol. The van der Waals surface area contributed by atoms with Gasteiger partial charge in [0.15, 0.2) is 5.13 Å². The summed E-state index contributed by atoms with van der Waals surface area (Å²) < 4.78 is 24.9. The van der Waals surface area contributed by atoms with Crippen molar-refractivity contribution in [1.29, 1.82) is 0 Å². The van der Waals surface area contributed by atoms with Crippen molar-refractivity contribution in [3.8, 4) is 0 Å². The molecule has 0 bridgehead atoms. The molecule has 0 amide bonds. The van der Waals surface area contributed by atoms with Crippen LogP contribution in [0.2, 0.25) is 0 Å². The summed E-state index contributed by atoms with van der Waals surface area (Å²) >= 11 is 1.29. The summed E-state index contributed by atoms with van der Waals surface area (Å²) in [6.45, 7) is 2.47. The third-order valence-corrected chi connectivity index (χ3v) is 3.79. The Labute approximate surface area is 93.0 Å². The predicted octanol–water partition coefficient (Wildman–Crippen LogP) is 0.0765. The summed E-state index contributed by atoms with van der Waals surface area (Å²) in [5.74, 6) is 0.0281. The van der Waals surface area contributed by atoms with Crippen LogP contribution in [0.5, 0.6) is 0 Å². The van der Waals surface area contributed by atoms with Gasteiger partial charge in [-0.1, -0.05) is 18.3 Å². The van der Waals surface area contributed by atoms with E-state index in [1.54, 1.807) is 6.92 Å². The number of hydrogen-bond donors (Lipinski definition) is 3. The Morgan fingerprint density at radius 1 is 1.60 bits per heavy atom. The van der Waals surface area contributed by atoms with Gasteiger partial charge in [0.25, 0.3) is 0 Å². The highest BCUT2D eigenvalue weighted by Crippen LogP contribution is 2.18. The molecule has 0 unspecified atom stereocenters. The van der Waals surface area contributed by atoms with Crippen LogP contribution >= 0.6 is 11.3 Å². The Kier molecular flexibility index (Phi) is 4.30. The van der Waals surface area contributed by atoms with Crippen molar-refractivity contribution >= 4 is 31.5 Å². The maximum absolute atomic E-state index is 11.2. The number of aromatic nitrogens is 1. The SMILES string of the molecule is CCNS(=O)(=O)CCNc1ncc(N)s1. The van der Waals surface area contributed by atoms with Crippen LogP contribution in [0, 0.1) is 0 Å². The van der Waals surface area contributed by atoms with E-state index in [0.717, 1.165) is 0 Å². The zero-order valence-electron chi connectivity index (χ0n) is 8.36. The largest absolute Gasteiger partial charge is 0.389 e. The molecule has 1 heterocycles. The van der Waals surface area contributed by atoms with E-state index in [0.29, 0.717) is 23.2 Å². The van der Waals surface area contributed by atoms with Crippen molar-refractivity contribution in [1.82, 2.24) is 9.71 Å². The molecule has 0 fully saturated rings. The number of sulfonamides is 1. The van der Waals surface area contributed by atoms with Crippen molar-refractivity contribution in [3.05, 3.63) is 6.20 Å². The molecule has 0 radical (unpaired) electrons. The van der Waals surface area contributed by atoms with Crippen molar-refractivity contribution in [2.75, 3.05) is 29.9 Å². The molecule has 1 aromatic rings. The smallest absolute Gasteiger partial charge is 0.213 e. The van der Waals surface area contributed by atoms with Crippen molar-refractivity contribution in [2.45, 2.75) is 6.92 Å². The van der Waals surface area contributed by atoms with E-state index < -0.39 is 10.0 Å². The zero-order valence-corrected chi connectivity index (χ0v) is 9.99. The maximum Gasteiger partial charge on any atom is 0.213 e. The van der Waals surface area contributed by atoms with Crippen LogP contribution in [0.15, 0.2) is 6.20 Å². The molecule has 0 aliphatic heterocycles. The number of hydrogen-bond acceptors (Lipinski definition) is 6. The lowest BCUT2D eigenvalue weighted by molar-refractivity contribution is 0.584. The van der Waals surface area contributed by atoms with E-state index in [-0.39, 0.29) is 5.75 Å². The van der Waals surface area contributed by atoms with Crippen LogP contribution in [-0.2, 0) is 10.0 Å². The first-order valence-electron chi connectivity index (χ1n) is 4.46. The first kappa shape index (κ1) is 12.2. The van der Waals surface area contributed by atoms with Gasteiger partial charge in [0.05, 0.1) is 11.9 Å². The highest BCUT2D eigenvalue weighted by Gasteiger charge is 2.07. The van der Waals surface area contributed by atoms with Crippen LogP contribution < -0.4 is 15.8 Å². The summed E-state index contributed by atoms with van der Waals surface area (Å²) in [7, 11) is -3.16. The lowest BCUT2D eigenvalue weighted by Gasteiger charge is -2.04. The third kappa shape index (κ3) is 4.45. The minimum Gasteiger partial charge on any atom is -0.389 e. The van der Waals surface area contributed by atoms with Gasteiger partial charge in [0, 0.05) is 13.1 Å². The highest BCUT2D eigenvalue weighted by atomic mass is 32.2. The molecule has 0 saturated heterocycles. The molecule has 1 aromatic heterocycles. The number of nitrogens with one attached hydrogen (secondary N) is 2. The highest BCUT2D eigenvalue weighted by molar-refractivity contribution is 7.89. The number of nitrogens with two attached hydrogens (primary N) is 1. The standard InChI is InChI=1S/C7H14N4O2S2/c1-2-11-15(12,13)4-3-9-7-10-5-6(8)14-7/h5,11H,2-4,8H2,1H3,(H,9,10). The number of nitrogen functional groups attached to an aromatic ring is 1. The van der Waals surface area contributed by atoms with E-state index in [1.807, 2.05) is 0 Å². The molecule has 0 saturated carbocycles. The Balaban J connectivity index is 2.33. The Bertz CT molecular complexity index is 401. The normalized spacial score (nSPS) is 11.5. The van der Waals surface area contributed by atoms with E-state index in [2.05, 4.69) is 15.0 Å². The predicted molar refractivity (Wildman–Crippen MR) is 62.5 cm³/mol. The van der Waals surface area contributed by atoms with Crippen LogP contribution in [0.1, 0.15) is 6.92 Å². The molecule has 0 atom stereocenters. The average Bonchev–Trinajstić information content (AvgIpc) is 2.51. The minimum absolute atomic E-state index is 0.0281. The fourth-order valence-corrected chi connectivity index (χ4v) is 2.52. The molecular formula is C7H14N4O2S2. The Morgan fingerprint density at radius 2 is 2.33 bits per heavy atom. The van der Waals surface area contributed by atoms with Gasteiger partial charge in [-0.05, 0) is 0 Å². The quantitative estimate of drug-likeness (QED) is 0.664. The van der Waals surface area contributed by atoms with Crippen LogP contribution in [0.4, 0.5) is 10.1 Å². The molecule has 6 nitrogen and oxygen atoms in total. The molecule has 0 spiro atoms. The third-order valence-electron chi connectivity index (χ3n) is 1.53. The number of thiazole rings is 1. The molecule has 0 aromatic carbocycles. The lowest BCUT2D eigenvalue weighted by atomic mass is 10.7.